The van der Waals surface area contributed by atoms with Crippen molar-refractivity contribution in [1.82, 2.24) is 5.32 Å². The highest BCUT2D eigenvalue weighted by Crippen LogP contribution is 2.38. The molecule has 138 valence electrons. The van der Waals surface area contributed by atoms with Gasteiger partial charge in [-0.25, -0.2) is 4.79 Å². The normalized spacial score (nSPS) is 12.5. The number of benzene rings is 1. The van der Waals surface area contributed by atoms with Crippen LogP contribution >= 0.6 is 0 Å². The quantitative estimate of drug-likeness (QED) is 0.641. The average Bonchev–Trinajstić information content (AvgIpc) is 2.59. The summed E-state index contributed by atoms with van der Waals surface area (Å²) in [5, 5.41) is 2.46. The van der Waals surface area contributed by atoms with Crippen LogP contribution in [0.1, 0.15) is 24.2 Å². The number of nitrogens with two attached hydrogens (primary N) is 1. The summed E-state index contributed by atoms with van der Waals surface area (Å²) < 4.78 is 20.4. The maximum absolute atomic E-state index is 12.4. The molecule has 25 heavy (non-hydrogen) atoms. The molecule has 0 aromatic heterocycles. The minimum atomic E-state index is -1.09. The van der Waals surface area contributed by atoms with E-state index in [2.05, 4.69) is 5.32 Å². The maximum atomic E-state index is 12.4. The molecular formula is C16H22N2O7. The summed E-state index contributed by atoms with van der Waals surface area (Å²) in [6.45, 7) is 2.76. The second-order valence-electron chi connectivity index (χ2n) is 5.09. The number of primary amides is 1. The summed E-state index contributed by atoms with van der Waals surface area (Å²) >= 11 is 0. The number of carbonyl (C=O) groups excluding carboxylic acids is 3. The summed E-state index contributed by atoms with van der Waals surface area (Å²) in [5.41, 5.74) is 5.22. The third-order valence-corrected chi connectivity index (χ3v) is 3.32. The smallest absolute Gasteiger partial charge is 0.329 e. The first-order chi connectivity index (χ1) is 11.7. The zero-order valence-electron chi connectivity index (χ0n) is 14.7. The topological polar surface area (TPSA) is 126 Å². The number of carbonyl (C=O) groups is 3. The molecule has 0 aliphatic rings. The van der Waals surface area contributed by atoms with Gasteiger partial charge in [-0.05, 0) is 26.0 Å². The Kier molecular flexibility index (Phi) is 7.04. The standard InChI is InChI=1S/C16H22N2O7/c1-8(16(21)25-9(2)14(17)19)18-15(20)10-6-11(22-3)13(24-5)12(7-10)23-4/h6-9H,1-5H3,(H2,17,19)(H,18,20)/t8-,9+/m0/s1. The molecule has 0 bridgehead atoms. The van der Waals surface area contributed by atoms with E-state index in [1.54, 1.807) is 0 Å². The van der Waals surface area contributed by atoms with Crippen molar-refractivity contribution >= 4 is 17.8 Å². The first-order valence-corrected chi connectivity index (χ1v) is 7.35. The van der Waals surface area contributed by atoms with E-state index in [1.165, 1.54) is 47.3 Å². The van der Waals surface area contributed by atoms with Crippen molar-refractivity contribution in [3.8, 4) is 17.2 Å². The van der Waals surface area contributed by atoms with Crippen LogP contribution in [0.5, 0.6) is 17.2 Å². The van der Waals surface area contributed by atoms with Crippen LogP contribution in [0.25, 0.3) is 0 Å². The van der Waals surface area contributed by atoms with Gasteiger partial charge in [0.25, 0.3) is 11.8 Å². The molecule has 0 heterocycles. The van der Waals surface area contributed by atoms with Crippen molar-refractivity contribution in [2.24, 2.45) is 5.73 Å². The molecule has 0 unspecified atom stereocenters. The fourth-order valence-corrected chi connectivity index (χ4v) is 1.89. The van der Waals surface area contributed by atoms with E-state index >= 15 is 0 Å². The van der Waals surface area contributed by atoms with Crippen molar-refractivity contribution in [2.45, 2.75) is 26.0 Å². The fraction of sp³-hybridized carbons (Fsp3) is 0.438. The van der Waals surface area contributed by atoms with Gasteiger partial charge >= 0.3 is 5.97 Å². The molecule has 1 rings (SSSR count). The van der Waals surface area contributed by atoms with Gasteiger partial charge in [0, 0.05) is 5.56 Å². The lowest BCUT2D eigenvalue weighted by molar-refractivity contribution is -0.155. The van der Waals surface area contributed by atoms with Crippen LogP contribution in [-0.2, 0) is 14.3 Å². The Morgan fingerprint density at radius 2 is 1.52 bits per heavy atom. The Labute approximate surface area is 145 Å². The third kappa shape index (κ3) is 5.00. The molecule has 0 aliphatic heterocycles. The predicted molar refractivity (Wildman–Crippen MR) is 87.8 cm³/mol. The fourth-order valence-electron chi connectivity index (χ4n) is 1.89. The Morgan fingerprint density at radius 3 is 1.92 bits per heavy atom. The van der Waals surface area contributed by atoms with Crippen LogP contribution in [0.3, 0.4) is 0 Å². The van der Waals surface area contributed by atoms with E-state index in [1.807, 2.05) is 0 Å². The molecule has 0 aliphatic carbocycles. The largest absolute Gasteiger partial charge is 0.493 e. The van der Waals surface area contributed by atoms with E-state index in [0.717, 1.165) is 0 Å². The molecule has 1 aromatic carbocycles. The lowest BCUT2D eigenvalue weighted by Crippen LogP contribution is -2.42. The van der Waals surface area contributed by atoms with Gasteiger partial charge in [-0.1, -0.05) is 0 Å². The van der Waals surface area contributed by atoms with Gasteiger partial charge < -0.3 is 30.0 Å². The van der Waals surface area contributed by atoms with Gasteiger partial charge in [0.15, 0.2) is 17.6 Å². The van der Waals surface area contributed by atoms with Crippen LogP contribution in [0.15, 0.2) is 12.1 Å². The number of hydrogen-bond donors (Lipinski definition) is 2. The monoisotopic (exact) mass is 354 g/mol. The van der Waals surface area contributed by atoms with Crippen LogP contribution in [0.2, 0.25) is 0 Å². The van der Waals surface area contributed by atoms with E-state index in [0.29, 0.717) is 17.2 Å². The SMILES string of the molecule is COc1cc(C(=O)N[C@@H](C)C(=O)O[C@H](C)C(N)=O)cc(OC)c1OC. The highest BCUT2D eigenvalue weighted by Gasteiger charge is 2.23. The molecule has 0 saturated carbocycles. The molecule has 2 atom stereocenters. The number of nitrogens with one attached hydrogen (secondary N) is 1. The van der Waals surface area contributed by atoms with E-state index in [9.17, 15) is 14.4 Å². The Bertz CT molecular complexity index is 635. The van der Waals surface area contributed by atoms with E-state index in [4.69, 9.17) is 24.7 Å². The Morgan fingerprint density at radius 1 is 1.00 bits per heavy atom. The van der Waals surface area contributed by atoms with Crippen molar-refractivity contribution < 1.29 is 33.3 Å². The highest BCUT2D eigenvalue weighted by molar-refractivity contribution is 5.98. The summed E-state index contributed by atoms with van der Waals surface area (Å²) in [6.07, 6.45) is -1.09. The molecule has 9 heteroatoms. The molecule has 3 N–H and O–H groups in total. The first kappa shape index (κ1) is 20.1. The van der Waals surface area contributed by atoms with Crippen molar-refractivity contribution in [1.29, 1.82) is 0 Å². The Hall–Kier alpha value is -2.97. The number of ether oxygens (including phenoxy) is 4. The summed E-state index contributed by atoms with van der Waals surface area (Å²) in [7, 11) is 4.28. The molecule has 0 spiro atoms. The second kappa shape index (κ2) is 8.76. The van der Waals surface area contributed by atoms with E-state index in [-0.39, 0.29) is 5.56 Å². The number of hydrogen-bond acceptors (Lipinski definition) is 7. The van der Waals surface area contributed by atoms with Crippen LogP contribution in [-0.4, -0.2) is 51.3 Å². The van der Waals surface area contributed by atoms with Gasteiger partial charge in [0.05, 0.1) is 21.3 Å². The number of methoxy groups -OCH3 is 3. The molecular weight excluding hydrogens is 332 g/mol. The van der Waals surface area contributed by atoms with Crippen molar-refractivity contribution in [3.63, 3.8) is 0 Å². The summed E-state index contributed by atoms with van der Waals surface area (Å²) in [5.74, 6) is -1.20. The van der Waals surface area contributed by atoms with Crippen molar-refractivity contribution in [2.75, 3.05) is 21.3 Å². The highest BCUT2D eigenvalue weighted by atomic mass is 16.5. The van der Waals surface area contributed by atoms with Gasteiger partial charge in [0.2, 0.25) is 5.75 Å². The first-order valence-electron chi connectivity index (χ1n) is 7.35. The van der Waals surface area contributed by atoms with Gasteiger partial charge in [-0.3, -0.25) is 9.59 Å². The number of esters is 1. The van der Waals surface area contributed by atoms with Crippen LogP contribution < -0.4 is 25.3 Å². The third-order valence-electron chi connectivity index (χ3n) is 3.32. The lowest BCUT2D eigenvalue weighted by atomic mass is 10.1. The summed E-state index contributed by atoms with van der Waals surface area (Å²) in [4.78, 5) is 35.1. The van der Waals surface area contributed by atoms with Crippen molar-refractivity contribution in [3.05, 3.63) is 17.7 Å². The average molecular weight is 354 g/mol. The minimum absolute atomic E-state index is 0.192. The maximum Gasteiger partial charge on any atom is 0.329 e. The van der Waals surface area contributed by atoms with Gasteiger partial charge in [0.1, 0.15) is 6.04 Å². The molecule has 1 aromatic rings. The van der Waals surface area contributed by atoms with Gasteiger partial charge in [-0.15, -0.1) is 0 Å². The predicted octanol–water partition coefficient (Wildman–Crippen LogP) is 0.248. The molecule has 9 nitrogen and oxygen atoms in total. The molecule has 0 fully saturated rings. The van der Waals surface area contributed by atoms with Crippen LogP contribution in [0, 0.1) is 0 Å². The molecule has 0 radical (unpaired) electrons. The van der Waals surface area contributed by atoms with Gasteiger partial charge in [-0.2, -0.15) is 0 Å². The molecule has 0 saturated heterocycles. The number of rotatable bonds is 8. The zero-order valence-corrected chi connectivity index (χ0v) is 14.7. The number of amides is 2. The second-order valence-corrected chi connectivity index (χ2v) is 5.09. The molecule has 2 amide bonds. The van der Waals surface area contributed by atoms with E-state index < -0.39 is 29.9 Å². The van der Waals surface area contributed by atoms with Crippen LogP contribution in [0.4, 0.5) is 0 Å². The zero-order chi connectivity index (χ0) is 19.1. The lowest BCUT2D eigenvalue weighted by Gasteiger charge is -2.17. The Balaban J connectivity index is 2.93. The minimum Gasteiger partial charge on any atom is -0.493 e. The summed E-state index contributed by atoms with van der Waals surface area (Å²) in [6, 6.07) is 1.90.